The maximum absolute atomic E-state index is 12.2. The van der Waals surface area contributed by atoms with Crippen LogP contribution in [0.3, 0.4) is 0 Å². The zero-order valence-electron chi connectivity index (χ0n) is 11.6. The van der Waals surface area contributed by atoms with Crippen molar-refractivity contribution in [3.8, 4) is 0 Å². The molecular formula is C14H26N2O. The molecule has 2 atom stereocenters. The van der Waals surface area contributed by atoms with Crippen LogP contribution in [-0.4, -0.2) is 29.6 Å². The molecule has 1 aliphatic carbocycles. The molecule has 1 saturated carbocycles. The molecule has 2 rings (SSSR count). The van der Waals surface area contributed by atoms with Gasteiger partial charge >= 0.3 is 0 Å². The molecule has 0 aromatic rings. The van der Waals surface area contributed by atoms with E-state index in [0.717, 1.165) is 6.54 Å². The molecule has 1 saturated heterocycles. The van der Waals surface area contributed by atoms with Crippen LogP contribution in [0.2, 0.25) is 0 Å². The molecule has 1 heterocycles. The maximum Gasteiger partial charge on any atom is 0.240 e. The number of carbonyl (C=O) groups excluding carboxylic acids is 1. The van der Waals surface area contributed by atoms with Gasteiger partial charge in [0.25, 0.3) is 0 Å². The van der Waals surface area contributed by atoms with Gasteiger partial charge in [0.15, 0.2) is 0 Å². The molecule has 3 nitrogen and oxygen atoms in total. The van der Waals surface area contributed by atoms with Crippen molar-refractivity contribution >= 4 is 5.91 Å². The molecule has 2 fully saturated rings. The van der Waals surface area contributed by atoms with Gasteiger partial charge in [-0.05, 0) is 37.5 Å². The van der Waals surface area contributed by atoms with Crippen molar-refractivity contribution in [1.82, 2.24) is 10.2 Å². The van der Waals surface area contributed by atoms with Crippen LogP contribution in [0.25, 0.3) is 0 Å². The van der Waals surface area contributed by atoms with Crippen LogP contribution in [0, 0.1) is 11.3 Å². The van der Waals surface area contributed by atoms with E-state index in [9.17, 15) is 4.79 Å². The van der Waals surface area contributed by atoms with Gasteiger partial charge in [-0.2, -0.15) is 0 Å². The summed E-state index contributed by atoms with van der Waals surface area (Å²) in [6.07, 6.45) is 5.37. The first kappa shape index (κ1) is 12.9. The molecule has 2 aliphatic rings. The summed E-state index contributed by atoms with van der Waals surface area (Å²) in [7, 11) is 0. The Balaban J connectivity index is 2.04. The normalized spacial score (nSPS) is 31.4. The smallest absolute Gasteiger partial charge is 0.240 e. The minimum Gasteiger partial charge on any atom is -0.325 e. The summed E-state index contributed by atoms with van der Waals surface area (Å²) in [5, 5.41) is 3.42. The lowest BCUT2D eigenvalue weighted by atomic mass is 9.99. The molecule has 1 N–H and O–H groups in total. The number of amides is 1. The van der Waals surface area contributed by atoms with Gasteiger partial charge in [0, 0.05) is 6.54 Å². The van der Waals surface area contributed by atoms with E-state index >= 15 is 0 Å². The molecule has 0 radical (unpaired) electrons. The van der Waals surface area contributed by atoms with Crippen molar-refractivity contribution in [3.05, 3.63) is 0 Å². The lowest BCUT2D eigenvalue weighted by Crippen LogP contribution is -2.44. The fourth-order valence-electron chi connectivity index (χ4n) is 3.09. The Morgan fingerprint density at radius 1 is 1.47 bits per heavy atom. The second kappa shape index (κ2) is 4.60. The van der Waals surface area contributed by atoms with Crippen molar-refractivity contribution in [3.63, 3.8) is 0 Å². The van der Waals surface area contributed by atoms with Crippen molar-refractivity contribution in [2.75, 3.05) is 6.54 Å². The van der Waals surface area contributed by atoms with Crippen LogP contribution < -0.4 is 5.32 Å². The predicted octanol–water partition coefficient (Wildman–Crippen LogP) is 2.37. The SMILES string of the molecule is CCCC1(CN2C(=O)C(C)NC2C(C)C)CC1. The summed E-state index contributed by atoms with van der Waals surface area (Å²) in [4.78, 5) is 14.3. The molecule has 98 valence electrons. The van der Waals surface area contributed by atoms with Crippen molar-refractivity contribution in [1.29, 1.82) is 0 Å². The van der Waals surface area contributed by atoms with Crippen LogP contribution in [0.5, 0.6) is 0 Å². The quantitative estimate of drug-likeness (QED) is 0.797. The highest BCUT2D eigenvalue weighted by Crippen LogP contribution is 2.50. The zero-order valence-corrected chi connectivity index (χ0v) is 11.6. The van der Waals surface area contributed by atoms with Gasteiger partial charge < -0.3 is 4.90 Å². The monoisotopic (exact) mass is 238 g/mol. The van der Waals surface area contributed by atoms with Gasteiger partial charge in [0.05, 0.1) is 12.2 Å². The standard InChI is InChI=1S/C14H26N2O/c1-5-6-14(7-8-14)9-16-12(10(2)3)15-11(4)13(16)17/h10-12,15H,5-9H2,1-4H3. The first-order chi connectivity index (χ1) is 7.99. The summed E-state index contributed by atoms with van der Waals surface area (Å²) in [6.45, 7) is 9.58. The molecule has 3 heteroatoms. The number of hydrogen-bond donors (Lipinski definition) is 1. The van der Waals surface area contributed by atoms with Gasteiger partial charge in [-0.3, -0.25) is 10.1 Å². The van der Waals surface area contributed by atoms with Crippen LogP contribution in [0.15, 0.2) is 0 Å². The van der Waals surface area contributed by atoms with E-state index in [2.05, 4.69) is 31.0 Å². The average molecular weight is 238 g/mol. The van der Waals surface area contributed by atoms with E-state index in [1.54, 1.807) is 0 Å². The van der Waals surface area contributed by atoms with Crippen molar-refractivity contribution in [2.24, 2.45) is 11.3 Å². The van der Waals surface area contributed by atoms with E-state index in [1.807, 2.05) is 6.92 Å². The second-order valence-electron chi connectivity index (χ2n) is 6.29. The summed E-state index contributed by atoms with van der Waals surface area (Å²) in [5.41, 5.74) is 0.462. The lowest BCUT2D eigenvalue weighted by Gasteiger charge is -2.31. The van der Waals surface area contributed by atoms with Gasteiger partial charge in [-0.15, -0.1) is 0 Å². The topological polar surface area (TPSA) is 32.3 Å². The van der Waals surface area contributed by atoms with Crippen LogP contribution in [0.4, 0.5) is 0 Å². The van der Waals surface area contributed by atoms with Crippen LogP contribution >= 0.6 is 0 Å². The van der Waals surface area contributed by atoms with Crippen LogP contribution in [0.1, 0.15) is 53.4 Å². The highest BCUT2D eigenvalue weighted by Gasteiger charge is 2.48. The zero-order chi connectivity index (χ0) is 12.6. The number of nitrogens with one attached hydrogen (secondary N) is 1. The third kappa shape index (κ3) is 2.49. The summed E-state index contributed by atoms with van der Waals surface area (Å²) < 4.78 is 0. The van der Waals surface area contributed by atoms with E-state index < -0.39 is 0 Å². The Morgan fingerprint density at radius 3 is 2.59 bits per heavy atom. The molecule has 0 bridgehead atoms. The third-order valence-corrected chi connectivity index (χ3v) is 4.28. The van der Waals surface area contributed by atoms with Crippen molar-refractivity contribution in [2.45, 2.75) is 65.6 Å². The molecule has 0 spiro atoms. The van der Waals surface area contributed by atoms with E-state index in [-0.39, 0.29) is 12.2 Å². The van der Waals surface area contributed by atoms with Gasteiger partial charge in [0.1, 0.15) is 0 Å². The Morgan fingerprint density at radius 2 is 2.12 bits per heavy atom. The van der Waals surface area contributed by atoms with E-state index in [0.29, 0.717) is 17.2 Å². The van der Waals surface area contributed by atoms with Crippen molar-refractivity contribution < 1.29 is 4.79 Å². The summed E-state index contributed by atoms with van der Waals surface area (Å²) in [6, 6.07) is -0.000161. The van der Waals surface area contributed by atoms with E-state index in [1.165, 1.54) is 25.7 Å². The number of hydrogen-bond acceptors (Lipinski definition) is 2. The molecule has 1 amide bonds. The minimum atomic E-state index is -0.000161. The number of nitrogens with zero attached hydrogens (tertiary/aromatic N) is 1. The molecule has 17 heavy (non-hydrogen) atoms. The van der Waals surface area contributed by atoms with Gasteiger partial charge in [-0.1, -0.05) is 27.2 Å². The fourth-order valence-corrected chi connectivity index (χ4v) is 3.09. The Hall–Kier alpha value is -0.570. The molecular weight excluding hydrogens is 212 g/mol. The molecule has 1 aliphatic heterocycles. The first-order valence-corrected chi connectivity index (χ1v) is 7.05. The van der Waals surface area contributed by atoms with Gasteiger partial charge in [-0.25, -0.2) is 0 Å². The third-order valence-electron chi connectivity index (χ3n) is 4.28. The molecule has 2 unspecified atom stereocenters. The highest BCUT2D eigenvalue weighted by atomic mass is 16.2. The highest BCUT2D eigenvalue weighted by molar-refractivity contribution is 5.84. The summed E-state index contributed by atoms with van der Waals surface area (Å²) >= 11 is 0. The molecule has 0 aromatic carbocycles. The first-order valence-electron chi connectivity index (χ1n) is 7.05. The Bertz CT molecular complexity index is 297. The number of rotatable bonds is 5. The van der Waals surface area contributed by atoms with Gasteiger partial charge in [0.2, 0.25) is 5.91 Å². The molecule has 0 aromatic heterocycles. The van der Waals surface area contributed by atoms with E-state index in [4.69, 9.17) is 0 Å². The fraction of sp³-hybridized carbons (Fsp3) is 0.929. The Kier molecular flexibility index (Phi) is 3.48. The van der Waals surface area contributed by atoms with Crippen LogP contribution in [-0.2, 0) is 4.79 Å². The largest absolute Gasteiger partial charge is 0.325 e. The maximum atomic E-state index is 12.2. The second-order valence-corrected chi connectivity index (χ2v) is 6.29. The number of carbonyl (C=O) groups is 1. The summed E-state index contributed by atoms with van der Waals surface area (Å²) in [5.74, 6) is 0.785. The lowest BCUT2D eigenvalue weighted by molar-refractivity contribution is -0.131. The predicted molar refractivity (Wildman–Crippen MR) is 69.5 cm³/mol. The Labute approximate surface area is 105 Å². The average Bonchev–Trinajstić information content (AvgIpc) is 2.96. The minimum absolute atomic E-state index is 0.000161.